The van der Waals surface area contributed by atoms with Crippen LogP contribution in [0.2, 0.25) is 5.02 Å². The molecule has 3 aromatic rings. The van der Waals surface area contributed by atoms with Crippen molar-refractivity contribution in [1.29, 1.82) is 0 Å². The summed E-state index contributed by atoms with van der Waals surface area (Å²) in [5.41, 5.74) is 7.74. The van der Waals surface area contributed by atoms with Crippen LogP contribution in [0.15, 0.2) is 60.7 Å². The summed E-state index contributed by atoms with van der Waals surface area (Å²) < 4.78 is 6.05. The smallest absolute Gasteiger partial charge is 0.138 e. The van der Waals surface area contributed by atoms with E-state index >= 15 is 0 Å². The fourth-order valence-electron chi connectivity index (χ4n) is 5.92. The summed E-state index contributed by atoms with van der Waals surface area (Å²) in [7, 11) is 0. The SMILES string of the molecule is NC1CCN(C2CCCCC2(O)CCc2ccc(OCc3ccc4ccccc4c3)c(Cl)c2)CC1. The molecule has 2 unspecified atom stereocenters. The maximum absolute atomic E-state index is 11.7. The zero-order chi connectivity index (χ0) is 24.3. The average Bonchev–Trinajstić information content (AvgIpc) is 2.88. The van der Waals surface area contributed by atoms with Crippen LogP contribution >= 0.6 is 11.6 Å². The van der Waals surface area contributed by atoms with E-state index in [0.29, 0.717) is 23.4 Å². The molecule has 2 fully saturated rings. The van der Waals surface area contributed by atoms with E-state index in [1.54, 1.807) is 0 Å². The van der Waals surface area contributed by atoms with Crippen molar-refractivity contribution in [1.82, 2.24) is 4.90 Å². The van der Waals surface area contributed by atoms with E-state index in [4.69, 9.17) is 22.1 Å². The lowest BCUT2D eigenvalue weighted by atomic mass is 9.75. The van der Waals surface area contributed by atoms with E-state index in [-0.39, 0.29) is 6.04 Å². The summed E-state index contributed by atoms with van der Waals surface area (Å²) in [6, 6.07) is 21.3. The Labute approximate surface area is 214 Å². The number of benzene rings is 3. The van der Waals surface area contributed by atoms with Gasteiger partial charge in [-0.05, 0) is 78.6 Å². The van der Waals surface area contributed by atoms with Gasteiger partial charge >= 0.3 is 0 Å². The Bertz CT molecular complexity index is 1140. The highest BCUT2D eigenvalue weighted by molar-refractivity contribution is 6.32. The topological polar surface area (TPSA) is 58.7 Å². The Morgan fingerprint density at radius 2 is 1.71 bits per heavy atom. The molecule has 2 atom stereocenters. The molecule has 35 heavy (non-hydrogen) atoms. The first kappa shape index (κ1) is 24.6. The molecule has 0 spiro atoms. The van der Waals surface area contributed by atoms with Gasteiger partial charge in [-0.15, -0.1) is 0 Å². The molecule has 1 aliphatic heterocycles. The summed E-state index contributed by atoms with van der Waals surface area (Å²) in [5, 5.41) is 14.8. The van der Waals surface area contributed by atoms with E-state index in [9.17, 15) is 5.11 Å². The molecule has 5 heteroatoms. The van der Waals surface area contributed by atoms with Crippen LogP contribution in [0.4, 0.5) is 0 Å². The van der Waals surface area contributed by atoms with E-state index in [1.807, 2.05) is 12.1 Å². The molecule has 0 bridgehead atoms. The number of nitrogens with two attached hydrogens (primary N) is 1. The third kappa shape index (κ3) is 5.83. The summed E-state index contributed by atoms with van der Waals surface area (Å²) >= 11 is 6.60. The second-order valence-electron chi connectivity index (χ2n) is 10.5. The molecule has 2 aliphatic rings. The number of hydrogen-bond donors (Lipinski definition) is 2. The highest BCUT2D eigenvalue weighted by Crippen LogP contribution is 2.37. The van der Waals surface area contributed by atoms with Crippen LogP contribution in [0.5, 0.6) is 5.75 Å². The van der Waals surface area contributed by atoms with Crippen LogP contribution in [-0.2, 0) is 13.0 Å². The molecule has 0 aromatic heterocycles. The number of aryl methyl sites for hydroxylation is 1. The van der Waals surface area contributed by atoms with Gasteiger partial charge in [-0.1, -0.05) is 66.9 Å². The molecule has 1 aliphatic carbocycles. The number of aliphatic hydroxyl groups is 1. The fourth-order valence-corrected chi connectivity index (χ4v) is 6.17. The van der Waals surface area contributed by atoms with E-state index in [0.717, 1.165) is 69.2 Å². The monoisotopic (exact) mass is 492 g/mol. The minimum absolute atomic E-state index is 0.240. The van der Waals surface area contributed by atoms with Crippen LogP contribution < -0.4 is 10.5 Å². The molecule has 0 amide bonds. The summed E-state index contributed by atoms with van der Waals surface area (Å²) in [4.78, 5) is 2.50. The first-order chi connectivity index (χ1) is 17.0. The standard InChI is InChI=1S/C30H37ClN2O2/c31-27-20-22(9-11-28(27)35-21-23-8-10-24-5-1-2-6-25(24)19-23)12-16-30(34)15-4-3-7-29(30)33-17-13-26(32)14-18-33/h1-2,5-6,8-11,19-20,26,29,34H,3-4,7,12-18,21,32H2. The zero-order valence-electron chi connectivity index (χ0n) is 20.5. The molecular weight excluding hydrogens is 456 g/mol. The largest absolute Gasteiger partial charge is 0.487 e. The van der Waals surface area contributed by atoms with Gasteiger partial charge in [0.05, 0.1) is 10.6 Å². The summed E-state index contributed by atoms with van der Waals surface area (Å²) in [6.07, 6.45) is 7.88. The van der Waals surface area contributed by atoms with Gasteiger partial charge in [-0.25, -0.2) is 0 Å². The Morgan fingerprint density at radius 1 is 0.943 bits per heavy atom. The lowest BCUT2D eigenvalue weighted by Gasteiger charge is -2.48. The third-order valence-electron chi connectivity index (χ3n) is 8.02. The van der Waals surface area contributed by atoms with Gasteiger partial charge in [-0.3, -0.25) is 4.90 Å². The van der Waals surface area contributed by atoms with Crippen molar-refractivity contribution in [3.05, 3.63) is 76.8 Å². The highest BCUT2D eigenvalue weighted by atomic mass is 35.5. The lowest BCUT2D eigenvalue weighted by Crippen LogP contribution is -2.57. The number of ether oxygens (including phenoxy) is 1. The molecule has 1 heterocycles. The van der Waals surface area contributed by atoms with Gasteiger partial charge in [0.15, 0.2) is 0 Å². The Kier molecular flexibility index (Phi) is 7.64. The predicted molar refractivity (Wildman–Crippen MR) is 144 cm³/mol. The van der Waals surface area contributed by atoms with Crippen LogP contribution in [0.25, 0.3) is 10.8 Å². The van der Waals surface area contributed by atoms with Crippen molar-refractivity contribution in [2.45, 2.75) is 75.7 Å². The maximum atomic E-state index is 11.7. The van der Waals surface area contributed by atoms with Crippen molar-refractivity contribution in [3.63, 3.8) is 0 Å². The number of fused-ring (bicyclic) bond motifs is 1. The zero-order valence-corrected chi connectivity index (χ0v) is 21.2. The lowest BCUT2D eigenvalue weighted by molar-refractivity contribution is -0.0841. The van der Waals surface area contributed by atoms with Crippen LogP contribution in [0.1, 0.15) is 56.1 Å². The van der Waals surface area contributed by atoms with Crippen molar-refractivity contribution in [2.75, 3.05) is 13.1 Å². The second kappa shape index (κ2) is 10.9. The van der Waals surface area contributed by atoms with Crippen molar-refractivity contribution >= 4 is 22.4 Å². The van der Waals surface area contributed by atoms with Gasteiger partial charge in [0.2, 0.25) is 0 Å². The molecule has 0 radical (unpaired) electrons. The van der Waals surface area contributed by atoms with Gasteiger partial charge in [-0.2, -0.15) is 0 Å². The number of nitrogens with zero attached hydrogens (tertiary/aromatic N) is 1. The quantitative estimate of drug-likeness (QED) is 0.418. The first-order valence-corrected chi connectivity index (χ1v) is 13.5. The first-order valence-electron chi connectivity index (χ1n) is 13.1. The highest BCUT2D eigenvalue weighted by Gasteiger charge is 2.42. The number of halogens is 1. The molecular formula is C30H37ClN2O2. The molecule has 3 N–H and O–H groups in total. The predicted octanol–water partition coefficient (Wildman–Crippen LogP) is 6.10. The van der Waals surface area contributed by atoms with Crippen LogP contribution in [0, 0.1) is 0 Å². The van der Waals surface area contributed by atoms with E-state index in [2.05, 4.69) is 53.4 Å². The van der Waals surface area contributed by atoms with Crippen LogP contribution in [0.3, 0.4) is 0 Å². The van der Waals surface area contributed by atoms with Gasteiger partial charge in [0.1, 0.15) is 12.4 Å². The number of piperidine rings is 1. The van der Waals surface area contributed by atoms with Crippen LogP contribution in [-0.4, -0.2) is 40.8 Å². The normalized spacial score (nSPS) is 24.0. The number of rotatable bonds is 7. The molecule has 186 valence electrons. The van der Waals surface area contributed by atoms with Crippen molar-refractivity contribution in [2.24, 2.45) is 5.73 Å². The molecule has 1 saturated carbocycles. The van der Waals surface area contributed by atoms with Gasteiger partial charge < -0.3 is 15.6 Å². The van der Waals surface area contributed by atoms with Gasteiger partial charge in [0, 0.05) is 25.2 Å². The molecule has 3 aromatic carbocycles. The Balaban J connectivity index is 1.20. The maximum Gasteiger partial charge on any atom is 0.138 e. The summed E-state index contributed by atoms with van der Waals surface area (Å²) in [6.45, 7) is 2.48. The Morgan fingerprint density at radius 3 is 2.51 bits per heavy atom. The summed E-state index contributed by atoms with van der Waals surface area (Å²) in [5.74, 6) is 0.697. The minimum Gasteiger partial charge on any atom is -0.487 e. The van der Waals surface area contributed by atoms with E-state index < -0.39 is 5.60 Å². The molecule has 5 rings (SSSR count). The van der Waals surface area contributed by atoms with Crippen molar-refractivity contribution < 1.29 is 9.84 Å². The Hall–Kier alpha value is -2.11. The minimum atomic E-state index is -0.641. The van der Waals surface area contributed by atoms with Gasteiger partial charge in [0.25, 0.3) is 0 Å². The van der Waals surface area contributed by atoms with E-state index in [1.165, 1.54) is 17.2 Å². The fraction of sp³-hybridized carbons (Fsp3) is 0.467. The number of likely N-dealkylation sites (tertiary alicyclic amines) is 1. The molecule has 1 saturated heterocycles. The van der Waals surface area contributed by atoms with Crippen molar-refractivity contribution in [3.8, 4) is 5.75 Å². The number of hydrogen-bond acceptors (Lipinski definition) is 4. The average molecular weight is 493 g/mol. The molecule has 4 nitrogen and oxygen atoms in total. The second-order valence-corrected chi connectivity index (χ2v) is 10.9. The third-order valence-corrected chi connectivity index (χ3v) is 8.32.